The van der Waals surface area contributed by atoms with E-state index in [1.54, 1.807) is 18.2 Å². The molecule has 0 radical (unpaired) electrons. The molecular weight excluding hydrogens is 226 g/mol. The Bertz CT molecular complexity index is 450. The number of anilines is 2. The summed E-state index contributed by atoms with van der Waals surface area (Å²) in [5, 5.41) is 3.32. The molecule has 0 saturated heterocycles. The molecule has 1 aromatic carbocycles. The van der Waals surface area contributed by atoms with Gasteiger partial charge >= 0.3 is 0 Å². The molecule has 1 aliphatic rings. The standard InChI is InChI=1S/C14H21N3O/c1-14(7-2-3-8-14)9-17-12-10(13(16)18)5-4-6-11(12)15/h4-6,17H,2-3,7-9,15H2,1H3,(H2,16,18). The zero-order valence-electron chi connectivity index (χ0n) is 10.8. The Hall–Kier alpha value is -1.71. The number of primary amides is 1. The first-order valence-corrected chi connectivity index (χ1v) is 6.44. The van der Waals surface area contributed by atoms with Gasteiger partial charge in [-0.1, -0.05) is 25.8 Å². The second-order valence-electron chi connectivity index (χ2n) is 5.51. The van der Waals surface area contributed by atoms with Crippen molar-refractivity contribution in [2.24, 2.45) is 11.1 Å². The van der Waals surface area contributed by atoms with Crippen LogP contribution >= 0.6 is 0 Å². The van der Waals surface area contributed by atoms with Crippen molar-refractivity contribution in [3.63, 3.8) is 0 Å². The van der Waals surface area contributed by atoms with Crippen LogP contribution in [0.1, 0.15) is 43.0 Å². The van der Waals surface area contributed by atoms with Gasteiger partial charge in [0, 0.05) is 6.54 Å². The van der Waals surface area contributed by atoms with Crippen LogP contribution in [-0.4, -0.2) is 12.5 Å². The van der Waals surface area contributed by atoms with Crippen molar-refractivity contribution in [1.82, 2.24) is 0 Å². The van der Waals surface area contributed by atoms with Gasteiger partial charge in [-0.05, 0) is 30.4 Å². The molecule has 1 aliphatic carbocycles. The maximum Gasteiger partial charge on any atom is 0.250 e. The molecule has 0 aliphatic heterocycles. The third-order valence-corrected chi connectivity index (χ3v) is 3.86. The normalized spacial score (nSPS) is 17.6. The number of hydrogen-bond acceptors (Lipinski definition) is 3. The molecule has 4 heteroatoms. The lowest BCUT2D eigenvalue weighted by Gasteiger charge is -2.25. The second kappa shape index (κ2) is 4.88. The number of nitrogens with two attached hydrogens (primary N) is 2. The van der Waals surface area contributed by atoms with Crippen molar-refractivity contribution in [2.45, 2.75) is 32.6 Å². The Kier molecular flexibility index (Phi) is 3.45. The van der Waals surface area contributed by atoms with E-state index in [1.165, 1.54) is 25.7 Å². The van der Waals surface area contributed by atoms with Crippen LogP contribution in [0.4, 0.5) is 11.4 Å². The molecule has 0 heterocycles. The van der Waals surface area contributed by atoms with E-state index in [0.717, 1.165) is 6.54 Å². The fraction of sp³-hybridized carbons (Fsp3) is 0.500. The van der Waals surface area contributed by atoms with E-state index in [4.69, 9.17) is 11.5 Å². The predicted octanol–water partition coefficient (Wildman–Crippen LogP) is 2.36. The van der Waals surface area contributed by atoms with Crippen molar-refractivity contribution < 1.29 is 4.79 Å². The van der Waals surface area contributed by atoms with Crippen molar-refractivity contribution in [3.05, 3.63) is 23.8 Å². The number of nitrogen functional groups attached to an aromatic ring is 1. The van der Waals surface area contributed by atoms with E-state index < -0.39 is 5.91 Å². The highest BCUT2D eigenvalue weighted by Gasteiger charge is 2.28. The van der Waals surface area contributed by atoms with E-state index in [2.05, 4.69) is 12.2 Å². The van der Waals surface area contributed by atoms with Gasteiger partial charge < -0.3 is 16.8 Å². The Morgan fingerprint density at radius 3 is 2.67 bits per heavy atom. The minimum Gasteiger partial charge on any atom is -0.397 e. The summed E-state index contributed by atoms with van der Waals surface area (Å²) in [6, 6.07) is 5.24. The fourth-order valence-electron chi connectivity index (χ4n) is 2.68. The summed E-state index contributed by atoms with van der Waals surface area (Å²) in [6.45, 7) is 3.11. The molecule has 4 nitrogen and oxygen atoms in total. The first kappa shape index (κ1) is 12.7. The van der Waals surface area contributed by atoms with Crippen LogP contribution in [0.25, 0.3) is 0 Å². The van der Waals surface area contributed by atoms with Crippen molar-refractivity contribution in [2.75, 3.05) is 17.6 Å². The zero-order chi connectivity index (χ0) is 13.2. The molecule has 1 amide bonds. The van der Waals surface area contributed by atoms with Crippen LogP contribution in [0.2, 0.25) is 0 Å². The van der Waals surface area contributed by atoms with Crippen LogP contribution in [0.3, 0.4) is 0 Å². The van der Waals surface area contributed by atoms with Crippen LogP contribution in [0.15, 0.2) is 18.2 Å². The molecule has 2 rings (SSSR count). The molecule has 1 fully saturated rings. The summed E-state index contributed by atoms with van der Waals surface area (Å²) in [4.78, 5) is 11.4. The van der Waals surface area contributed by atoms with E-state index >= 15 is 0 Å². The predicted molar refractivity (Wildman–Crippen MR) is 74.4 cm³/mol. The third kappa shape index (κ3) is 2.58. The van der Waals surface area contributed by atoms with Gasteiger partial charge in [-0.2, -0.15) is 0 Å². The topological polar surface area (TPSA) is 81.1 Å². The molecule has 1 saturated carbocycles. The summed E-state index contributed by atoms with van der Waals surface area (Å²) in [5.41, 5.74) is 13.3. The highest BCUT2D eigenvalue weighted by Crippen LogP contribution is 2.38. The summed E-state index contributed by atoms with van der Waals surface area (Å²) < 4.78 is 0. The Labute approximate surface area is 108 Å². The number of rotatable bonds is 4. The summed E-state index contributed by atoms with van der Waals surface area (Å²) >= 11 is 0. The minimum absolute atomic E-state index is 0.303. The van der Waals surface area contributed by atoms with Gasteiger partial charge in [0.15, 0.2) is 0 Å². The number of benzene rings is 1. The highest BCUT2D eigenvalue weighted by molar-refractivity contribution is 6.01. The molecular formula is C14H21N3O. The third-order valence-electron chi connectivity index (χ3n) is 3.86. The zero-order valence-corrected chi connectivity index (χ0v) is 10.8. The van der Waals surface area contributed by atoms with Crippen LogP contribution < -0.4 is 16.8 Å². The van der Waals surface area contributed by atoms with E-state index in [9.17, 15) is 4.79 Å². The second-order valence-corrected chi connectivity index (χ2v) is 5.51. The lowest BCUT2D eigenvalue weighted by molar-refractivity contribution is 0.100. The fourth-order valence-corrected chi connectivity index (χ4v) is 2.68. The average molecular weight is 247 g/mol. The molecule has 98 valence electrons. The lowest BCUT2D eigenvalue weighted by atomic mass is 9.88. The molecule has 1 aromatic rings. The van der Waals surface area contributed by atoms with Crippen molar-refractivity contribution in [3.8, 4) is 0 Å². The smallest absolute Gasteiger partial charge is 0.250 e. The summed E-state index contributed by atoms with van der Waals surface area (Å²) in [6.07, 6.45) is 5.01. The molecule has 0 unspecified atom stereocenters. The van der Waals surface area contributed by atoms with Gasteiger partial charge in [0.25, 0.3) is 5.91 Å². The first-order chi connectivity index (χ1) is 8.52. The first-order valence-electron chi connectivity index (χ1n) is 6.44. The van der Waals surface area contributed by atoms with Crippen molar-refractivity contribution in [1.29, 1.82) is 0 Å². The molecule has 5 N–H and O–H groups in total. The Morgan fingerprint density at radius 1 is 1.39 bits per heavy atom. The van der Waals surface area contributed by atoms with Gasteiger partial charge in [-0.3, -0.25) is 4.79 Å². The van der Waals surface area contributed by atoms with Gasteiger partial charge in [-0.25, -0.2) is 0 Å². The van der Waals surface area contributed by atoms with Gasteiger partial charge in [0.2, 0.25) is 0 Å². The van der Waals surface area contributed by atoms with E-state index in [1.807, 2.05) is 0 Å². The summed E-state index contributed by atoms with van der Waals surface area (Å²) in [7, 11) is 0. The number of nitrogens with one attached hydrogen (secondary N) is 1. The minimum atomic E-state index is -0.443. The maximum absolute atomic E-state index is 11.4. The number of carbonyl (C=O) groups is 1. The number of amides is 1. The van der Waals surface area contributed by atoms with Crippen LogP contribution in [0.5, 0.6) is 0 Å². The van der Waals surface area contributed by atoms with E-state index in [-0.39, 0.29) is 0 Å². The molecule has 0 aromatic heterocycles. The maximum atomic E-state index is 11.4. The summed E-state index contributed by atoms with van der Waals surface area (Å²) in [5.74, 6) is -0.443. The SMILES string of the molecule is CC1(CNc2c(N)cccc2C(N)=O)CCCC1. The molecule has 0 atom stereocenters. The Morgan fingerprint density at radius 2 is 2.06 bits per heavy atom. The molecule has 18 heavy (non-hydrogen) atoms. The van der Waals surface area contributed by atoms with Gasteiger partial charge in [0.05, 0.1) is 16.9 Å². The van der Waals surface area contributed by atoms with Crippen molar-refractivity contribution >= 4 is 17.3 Å². The van der Waals surface area contributed by atoms with E-state index in [0.29, 0.717) is 22.4 Å². The number of hydrogen-bond donors (Lipinski definition) is 3. The van der Waals surface area contributed by atoms with Crippen LogP contribution in [0, 0.1) is 5.41 Å². The molecule has 0 bridgehead atoms. The Balaban J connectivity index is 2.15. The van der Waals surface area contributed by atoms with Crippen LogP contribution in [-0.2, 0) is 0 Å². The monoisotopic (exact) mass is 247 g/mol. The lowest BCUT2D eigenvalue weighted by Crippen LogP contribution is -2.25. The number of para-hydroxylation sites is 1. The highest BCUT2D eigenvalue weighted by atomic mass is 16.1. The largest absolute Gasteiger partial charge is 0.397 e. The number of carbonyl (C=O) groups excluding carboxylic acids is 1. The average Bonchev–Trinajstić information content (AvgIpc) is 2.74. The van der Waals surface area contributed by atoms with Gasteiger partial charge in [-0.15, -0.1) is 0 Å². The molecule has 0 spiro atoms. The quantitative estimate of drug-likeness (QED) is 0.714. The van der Waals surface area contributed by atoms with Gasteiger partial charge in [0.1, 0.15) is 0 Å².